The Balaban J connectivity index is 1.41. The SMILES string of the molecule is CN(C)CC1Cc2ccccc2N(C(=O)CCc2ccc(C(=O)c3ccccc3)cc2)C1. The number of ketones is 1. The second-order valence-electron chi connectivity index (χ2n) is 8.86. The molecule has 0 spiro atoms. The van der Waals surface area contributed by atoms with Crippen molar-refractivity contribution in [3.8, 4) is 0 Å². The van der Waals surface area contributed by atoms with Crippen molar-refractivity contribution in [1.29, 1.82) is 0 Å². The number of nitrogens with zero attached hydrogens (tertiary/aromatic N) is 2. The van der Waals surface area contributed by atoms with Gasteiger partial charge in [0.1, 0.15) is 0 Å². The van der Waals surface area contributed by atoms with E-state index in [9.17, 15) is 9.59 Å². The maximum Gasteiger partial charge on any atom is 0.227 e. The van der Waals surface area contributed by atoms with Gasteiger partial charge >= 0.3 is 0 Å². The van der Waals surface area contributed by atoms with E-state index in [0.717, 1.165) is 30.8 Å². The molecule has 1 aliphatic rings. The Bertz CT molecular complexity index is 1070. The Morgan fingerprint density at radius 3 is 2.25 bits per heavy atom. The van der Waals surface area contributed by atoms with Crippen molar-refractivity contribution >= 4 is 17.4 Å². The molecule has 1 heterocycles. The van der Waals surface area contributed by atoms with Gasteiger partial charge in [-0.05, 0) is 50.0 Å². The Labute approximate surface area is 190 Å². The predicted molar refractivity (Wildman–Crippen MR) is 129 cm³/mol. The van der Waals surface area contributed by atoms with Crippen LogP contribution in [0.15, 0.2) is 78.9 Å². The standard InChI is InChI=1S/C28H30N2O2/c1-29(2)19-22-18-25-10-6-7-11-26(25)30(20-22)27(31)17-14-21-12-15-24(16-13-21)28(32)23-8-4-3-5-9-23/h3-13,15-16,22H,14,17-20H2,1-2H3. The first kappa shape index (κ1) is 22.0. The Kier molecular flexibility index (Phi) is 6.81. The number of benzene rings is 3. The topological polar surface area (TPSA) is 40.6 Å². The molecule has 0 radical (unpaired) electrons. The maximum atomic E-state index is 13.2. The molecule has 1 amide bonds. The van der Waals surface area contributed by atoms with E-state index in [-0.39, 0.29) is 11.7 Å². The molecule has 32 heavy (non-hydrogen) atoms. The molecular weight excluding hydrogens is 396 g/mol. The van der Waals surface area contributed by atoms with Crippen molar-refractivity contribution in [2.75, 3.05) is 32.1 Å². The highest BCUT2D eigenvalue weighted by Gasteiger charge is 2.28. The zero-order valence-corrected chi connectivity index (χ0v) is 18.8. The molecule has 4 rings (SSSR count). The molecule has 0 saturated heterocycles. The van der Waals surface area contributed by atoms with Crippen LogP contribution in [0.25, 0.3) is 0 Å². The fraction of sp³-hybridized carbons (Fsp3) is 0.286. The molecule has 1 atom stereocenters. The van der Waals surface area contributed by atoms with Gasteiger partial charge in [0.25, 0.3) is 0 Å². The number of para-hydroxylation sites is 1. The van der Waals surface area contributed by atoms with Gasteiger partial charge in [0.15, 0.2) is 5.78 Å². The minimum Gasteiger partial charge on any atom is -0.312 e. The molecule has 0 fully saturated rings. The van der Waals surface area contributed by atoms with Gasteiger partial charge in [0, 0.05) is 36.3 Å². The van der Waals surface area contributed by atoms with Crippen LogP contribution >= 0.6 is 0 Å². The third kappa shape index (κ3) is 5.14. The first-order valence-corrected chi connectivity index (χ1v) is 11.2. The van der Waals surface area contributed by atoms with Crippen molar-refractivity contribution in [2.24, 2.45) is 5.92 Å². The summed E-state index contributed by atoms with van der Waals surface area (Å²) >= 11 is 0. The fourth-order valence-corrected chi connectivity index (χ4v) is 4.52. The van der Waals surface area contributed by atoms with E-state index in [1.165, 1.54) is 5.56 Å². The van der Waals surface area contributed by atoms with E-state index >= 15 is 0 Å². The van der Waals surface area contributed by atoms with Crippen LogP contribution in [0.4, 0.5) is 5.69 Å². The highest BCUT2D eigenvalue weighted by molar-refractivity contribution is 6.08. The number of carbonyl (C=O) groups excluding carboxylic acids is 2. The summed E-state index contributed by atoms with van der Waals surface area (Å²) in [4.78, 5) is 29.9. The largest absolute Gasteiger partial charge is 0.312 e. The van der Waals surface area contributed by atoms with Crippen molar-refractivity contribution in [1.82, 2.24) is 4.90 Å². The van der Waals surface area contributed by atoms with Gasteiger partial charge in [-0.25, -0.2) is 0 Å². The number of anilines is 1. The van der Waals surface area contributed by atoms with Gasteiger partial charge in [0.05, 0.1) is 0 Å². The number of amides is 1. The molecular formula is C28H30N2O2. The molecule has 0 aromatic heterocycles. The van der Waals surface area contributed by atoms with Crippen LogP contribution in [-0.4, -0.2) is 43.8 Å². The summed E-state index contributed by atoms with van der Waals surface area (Å²) in [5.74, 6) is 0.613. The zero-order chi connectivity index (χ0) is 22.5. The number of fused-ring (bicyclic) bond motifs is 1. The van der Waals surface area contributed by atoms with E-state index in [0.29, 0.717) is 29.9 Å². The highest BCUT2D eigenvalue weighted by atomic mass is 16.2. The van der Waals surface area contributed by atoms with Gasteiger partial charge in [-0.1, -0.05) is 72.8 Å². The third-order valence-electron chi connectivity index (χ3n) is 6.04. The van der Waals surface area contributed by atoms with Crippen molar-refractivity contribution in [2.45, 2.75) is 19.3 Å². The Morgan fingerprint density at radius 2 is 1.53 bits per heavy atom. The number of carbonyl (C=O) groups is 2. The molecule has 0 saturated carbocycles. The summed E-state index contributed by atoms with van der Waals surface area (Å²) in [5.41, 5.74) is 4.73. The second kappa shape index (κ2) is 9.92. The normalized spacial score (nSPS) is 15.5. The van der Waals surface area contributed by atoms with E-state index in [1.807, 2.05) is 65.6 Å². The first-order chi connectivity index (χ1) is 15.5. The summed E-state index contributed by atoms with van der Waals surface area (Å²) < 4.78 is 0. The number of rotatable bonds is 7. The van der Waals surface area contributed by atoms with Crippen LogP contribution in [0.3, 0.4) is 0 Å². The van der Waals surface area contributed by atoms with Crippen LogP contribution in [0.5, 0.6) is 0 Å². The first-order valence-electron chi connectivity index (χ1n) is 11.2. The molecule has 0 N–H and O–H groups in total. The quantitative estimate of drug-likeness (QED) is 0.518. The average Bonchev–Trinajstić information content (AvgIpc) is 2.82. The minimum atomic E-state index is 0.0186. The van der Waals surface area contributed by atoms with Crippen molar-refractivity contribution in [3.63, 3.8) is 0 Å². The fourth-order valence-electron chi connectivity index (χ4n) is 4.52. The van der Waals surface area contributed by atoms with Crippen LogP contribution in [0, 0.1) is 5.92 Å². The molecule has 4 nitrogen and oxygen atoms in total. The summed E-state index contributed by atoms with van der Waals surface area (Å²) in [6.07, 6.45) is 2.12. The molecule has 1 aliphatic heterocycles. The molecule has 164 valence electrons. The van der Waals surface area contributed by atoms with Gasteiger partial charge < -0.3 is 9.80 Å². The average molecular weight is 427 g/mol. The monoisotopic (exact) mass is 426 g/mol. The molecule has 4 heteroatoms. The van der Waals surface area contributed by atoms with Gasteiger partial charge in [-0.3, -0.25) is 9.59 Å². The lowest BCUT2D eigenvalue weighted by molar-refractivity contribution is -0.118. The Hall–Kier alpha value is -3.24. The van der Waals surface area contributed by atoms with Crippen LogP contribution in [-0.2, 0) is 17.6 Å². The maximum absolute atomic E-state index is 13.2. The summed E-state index contributed by atoms with van der Waals surface area (Å²) in [5, 5.41) is 0. The molecule has 1 unspecified atom stereocenters. The summed E-state index contributed by atoms with van der Waals surface area (Å²) in [6, 6.07) is 25.2. The van der Waals surface area contributed by atoms with Crippen molar-refractivity contribution < 1.29 is 9.59 Å². The van der Waals surface area contributed by atoms with E-state index in [1.54, 1.807) is 0 Å². The predicted octanol–water partition coefficient (Wildman–Crippen LogP) is 4.62. The zero-order valence-electron chi connectivity index (χ0n) is 18.8. The summed E-state index contributed by atoms with van der Waals surface area (Å²) in [7, 11) is 4.16. The lowest BCUT2D eigenvalue weighted by Crippen LogP contribution is -2.43. The van der Waals surface area contributed by atoms with Gasteiger partial charge in [-0.2, -0.15) is 0 Å². The molecule has 0 bridgehead atoms. The van der Waals surface area contributed by atoms with Crippen LogP contribution in [0.2, 0.25) is 0 Å². The van der Waals surface area contributed by atoms with Crippen LogP contribution < -0.4 is 4.90 Å². The van der Waals surface area contributed by atoms with E-state index in [4.69, 9.17) is 0 Å². The number of hydrogen-bond acceptors (Lipinski definition) is 3. The lowest BCUT2D eigenvalue weighted by Gasteiger charge is -2.36. The van der Waals surface area contributed by atoms with E-state index in [2.05, 4.69) is 37.2 Å². The van der Waals surface area contributed by atoms with E-state index < -0.39 is 0 Å². The van der Waals surface area contributed by atoms with Gasteiger partial charge in [0.2, 0.25) is 5.91 Å². The van der Waals surface area contributed by atoms with Crippen LogP contribution in [0.1, 0.15) is 33.5 Å². The second-order valence-corrected chi connectivity index (χ2v) is 8.86. The third-order valence-corrected chi connectivity index (χ3v) is 6.04. The van der Waals surface area contributed by atoms with Gasteiger partial charge in [-0.15, -0.1) is 0 Å². The minimum absolute atomic E-state index is 0.0186. The highest BCUT2D eigenvalue weighted by Crippen LogP contribution is 2.30. The smallest absolute Gasteiger partial charge is 0.227 e. The molecule has 3 aromatic rings. The number of hydrogen-bond donors (Lipinski definition) is 0. The molecule has 0 aliphatic carbocycles. The Morgan fingerprint density at radius 1 is 0.875 bits per heavy atom. The molecule has 3 aromatic carbocycles. The van der Waals surface area contributed by atoms with Crippen molar-refractivity contribution in [3.05, 3.63) is 101 Å². The number of aryl methyl sites for hydroxylation is 1. The summed E-state index contributed by atoms with van der Waals surface area (Å²) in [6.45, 7) is 1.73. The lowest BCUT2D eigenvalue weighted by atomic mass is 9.91.